The van der Waals surface area contributed by atoms with Crippen LogP contribution in [0, 0.1) is 6.92 Å². The van der Waals surface area contributed by atoms with E-state index in [-0.39, 0.29) is 0 Å². The highest BCUT2D eigenvalue weighted by Crippen LogP contribution is 2.18. The molecule has 90 valence electrons. The Bertz CT molecular complexity index is 308. The molecule has 0 bridgehead atoms. The maximum Gasteiger partial charge on any atom is 0.255 e. The molecule has 0 aromatic carbocycles. The first kappa shape index (κ1) is 12.0. The van der Waals surface area contributed by atoms with E-state index >= 15 is 0 Å². The second kappa shape index (κ2) is 6.30. The Morgan fingerprint density at radius 3 is 2.88 bits per heavy atom. The molecular weight excluding hydrogens is 220 g/mol. The highest BCUT2D eigenvalue weighted by atomic mass is 32.2. The van der Waals surface area contributed by atoms with Crippen LogP contribution in [0.2, 0.25) is 0 Å². The molecule has 0 aliphatic carbocycles. The molecule has 2 heterocycles. The molecule has 1 saturated heterocycles. The standard InChI is InChI=1S/C12H20N2OS/c1-11-10-15-12(13-11)16-9-5-8-14-6-3-2-4-7-14/h10H,2-9H2,1H3. The third kappa shape index (κ3) is 3.83. The van der Waals surface area contributed by atoms with Gasteiger partial charge in [0, 0.05) is 5.75 Å². The molecule has 16 heavy (non-hydrogen) atoms. The molecule has 0 saturated carbocycles. The summed E-state index contributed by atoms with van der Waals surface area (Å²) >= 11 is 1.73. The van der Waals surface area contributed by atoms with Crippen LogP contribution in [0.3, 0.4) is 0 Å². The zero-order chi connectivity index (χ0) is 11.2. The quantitative estimate of drug-likeness (QED) is 0.584. The smallest absolute Gasteiger partial charge is 0.255 e. The molecule has 2 rings (SSSR count). The third-order valence-corrected chi connectivity index (χ3v) is 3.82. The van der Waals surface area contributed by atoms with Crippen LogP contribution in [0.4, 0.5) is 0 Å². The Morgan fingerprint density at radius 1 is 1.38 bits per heavy atom. The van der Waals surface area contributed by atoms with E-state index in [4.69, 9.17) is 4.42 Å². The second-order valence-corrected chi connectivity index (χ2v) is 5.41. The fourth-order valence-corrected chi connectivity index (χ4v) is 2.80. The molecule has 1 aromatic heterocycles. The highest BCUT2D eigenvalue weighted by molar-refractivity contribution is 7.99. The van der Waals surface area contributed by atoms with Crippen molar-refractivity contribution in [3.63, 3.8) is 0 Å². The van der Waals surface area contributed by atoms with Crippen molar-refractivity contribution in [1.29, 1.82) is 0 Å². The van der Waals surface area contributed by atoms with Crippen molar-refractivity contribution in [3.8, 4) is 0 Å². The summed E-state index contributed by atoms with van der Waals surface area (Å²) in [5.74, 6) is 1.11. The van der Waals surface area contributed by atoms with Gasteiger partial charge in [-0.2, -0.15) is 0 Å². The summed E-state index contributed by atoms with van der Waals surface area (Å²) < 4.78 is 5.29. The Hall–Kier alpha value is -0.480. The fraction of sp³-hybridized carbons (Fsp3) is 0.750. The summed E-state index contributed by atoms with van der Waals surface area (Å²) in [5, 5.41) is 0.816. The molecular formula is C12H20N2OS. The summed E-state index contributed by atoms with van der Waals surface area (Å²) in [7, 11) is 0. The molecule has 1 aromatic rings. The molecule has 0 radical (unpaired) electrons. The molecule has 1 aliphatic heterocycles. The largest absolute Gasteiger partial charge is 0.440 e. The number of aryl methyl sites for hydroxylation is 1. The average Bonchev–Trinajstić information content (AvgIpc) is 2.72. The number of nitrogens with zero attached hydrogens (tertiary/aromatic N) is 2. The predicted octanol–water partition coefficient (Wildman–Crippen LogP) is 2.95. The lowest BCUT2D eigenvalue weighted by Gasteiger charge is -2.26. The minimum atomic E-state index is 0.816. The van der Waals surface area contributed by atoms with Crippen molar-refractivity contribution < 1.29 is 4.42 Å². The maximum atomic E-state index is 5.29. The van der Waals surface area contributed by atoms with Crippen molar-refractivity contribution in [3.05, 3.63) is 12.0 Å². The summed E-state index contributed by atoms with van der Waals surface area (Å²) in [6.07, 6.45) is 7.12. The minimum absolute atomic E-state index is 0.816. The van der Waals surface area contributed by atoms with Crippen LogP contribution in [0.1, 0.15) is 31.4 Å². The lowest BCUT2D eigenvalue weighted by atomic mass is 10.1. The normalized spacial score (nSPS) is 17.8. The van der Waals surface area contributed by atoms with Gasteiger partial charge in [-0.05, 0) is 45.8 Å². The van der Waals surface area contributed by atoms with Gasteiger partial charge in [0.25, 0.3) is 5.22 Å². The summed E-state index contributed by atoms with van der Waals surface area (Å²) in [4.78, 5) is 6.85. The molecule has 0 N–H and O–H groups in total. The van der Waals surface area contributed by atoms with E-state index in [0.29, 0.717) is 0 Å². The van der Waals surface area contributed by atoms with E-state index in [0.717, 1.165) is 16.7 Å². The van der Waals surface area contributed by atoms with Crippen LogP contribution in [0.5, 0.6) is 0 Å². The molecule has 1 aliphatic rings. The number of hydrogen-bond donors (Lipinski definition) is 0. The van der Waals surface area contributed by atoms with Crippen molar-refractivity contribution in [2.24, 2.45) is 0 Å². The van der Waals surface area contributed by atoms with Gasteiger partial charge in [-0.3, -0.25) is 0 Å². The lowest BCUT2D eigenvalue weighted by Crippen LogP contribution is -2.30. The van der Waals surface area contributed by atoms with E-state index in [1.54, 1.807) is 18.0 Å². The highest BCUT2D eigenvalue weighted by Gasteiger charge is 2.09. The van der Waals surface area contributed by atoms with Gasteiger partial charge in [0.05, 0.1) is 5.69 Å². The van der Waals surface area contributed by atoms with Crippen molar-refractivity contribution in [2.45, 2.75) is 37.8 Å². The first-order chi connectivity index (χ1) is 7.84. The van der Waals surface area contributed by atoms with Crippen molar-refractivity contribution >= 4 is 11.8 Å². The van der Waals surface area contributed by atoms with E-state index in [1.165, 1.54) is 45.3 Å². The van der Waals surface area contributed by atoms with Crippen LogP contribution in [0.25, 0.3) is 0 Å². The van der Waals surface area contributed by atoms with E-state index < -0.39 is 0 Å². The van der Waals surface area contributed by atoms with Gasteiger partial charge in [-0.15, -0.1) is 0 Å². The molecule has 0 unspecified atom stereocenters. The third-order valence-electron chi connectivity index (χ3n) is 2.89. The van der Waals surface area contributed by atoms with Gasteiger partial charge in [-0.1, -0.05) is 18.2 Å². The van der Waals surface area contributed by atoms with Crippen molar-refractivity contribution in [1.82, 2.24) is 9.88 Å². The number of likely N-dealkylation sites (tertiary alicyclic amines) is 1. The van der Waals surface area contributed by atoms with Crippen LogP contribution in [0.15, 0.2) is 15.9 Å². The molecule has 0 amide bonds. The Balaban J connectivity index is 1.57. The number of hydrogen-bond acceptors (Lipinski definition) is 4. The van der Waals surface area contributed by atoms with Crippen molar-refractivity contribution in [2.75, 3.05) is 25.4 Å². The first-order valence-electron chi connectivity index (χ1n) is 6.12. The number of oxazole rings is 1. The Labute approximate surface area is 102 Å². The lowest BCUT2D eigenvalue weighted by molar-refractivity contribution is 0.230. The summed E-state index contributed by atoms with van der Waals surface area (Å²) in [6, 6.07) is 0. The van der Waals surface area contributed by atoms with Crippen LogP contribution < -0.4 is 0 Å². The van der Waals surface area contributed by atoms with E-state index in [2.05, 4.69) is 9.88 Å². The number of rotatable bonds is 5. The van der Waals surface area contributed by atoms with E-state index in [1.807, 2.05) is 6.92 Å². The van der Waals surface area contributed by atoms with Crippen LogP contribution >= 0.6 is 11.8 Å². The number of thioether (sulfide) groups is 1. The monoisotopic (exact) mass is 240 g/mol. The Morgan fingerprint density at radius 2 is 2.19 bits per heavy atom. The van der Waals surface area contributed by atoms with Gasteiger partial charge in [0.15, 0.2) is 0 Å². The van der Waals surface area contributed by atoms with Crippen LogP contribution in [-0.2, 0) is 0 Å². The number of aromatic nitrogens is 1. The minimum Gasteiger partial charge on any atom is -0.440 e. The van der Waals surface area contributed by atoms with Gasteiger partial charge in [0.2, 0.25) is 0 Å². The van der Waals surface area contributed by atoms with Gasteiger partial charge >= 0.3 is 0 Å². The molecule has 3 nitrogen and oxygen atoms in total. The zero-order valence-electron chi connectivity index (χ0n) is 9.95. The fourth-order valence-electron chi connectivity index (χ4n) is 2.03. The molecule has 4 heteroatoms. The second-order valence-electron chi connectivity index (χ2n) is 4.36. The maximum absolute atomic E-state index is 5.29. The van der Waals surface area contributed by atoms with Gasteiger partial charge in [-0.25, -0.2) is 4.98 Å². The Kier molecular flexibility index (Phi) is 4.72. The zero-order valence-corrected chi connectivity index (χ0v) is 10.8. The van der Waals surface area contributed by atoms with E-state index in [9.17, 15) is 0 Å². The molecule has 0 spiro atoms. The summed E-state index contributed by atoms with van der Waals surface area (Å²) in [5.41, 5.74) is 0.971. The van der Waals surface area contributed by atoms with Crippen LogP contribution in [-0.4, -0.2) is 35.3 Å². The first-order valence-corrected chi connectivity index (χ1v) is 7.10. The van der Waals surface area contributed by atoms with Gasteiger partial charge in [0.1, 0.15) is 6.26 Å². The number of piperidine rings is 1. The summed E-state index contributed by atoms with van der Waals surface area (Å²) in [6.45, 7) is 5.78. The van der Waals surface area contributed by atoms with Gasteiger partial charge < -0.3 is 9.32 Å². The molecule has 0 atom stereocenters. The molecule has 1 fully saturated rings. The predicted molar refractivity (Wildman–Crippen MR) is 66.9 cm³/mol. The average molecular weight is 240 g/mol. The SMILES string of the molecule is Cc1coc(SCCCN2CCCCC2)n1. The topological polar surface area (TPSA) is 29.3 Å².